The number of carboxylic acid groups (broad SMARTS) is 6. The Morgan fingerprint density at radius 2 is 0.545 bits per heavy atom. The quantitative estimate of drug-likeness (QED) is 0.0372. The number of nitrogens with one attached hydrogen (secondary N) is 2. The van der Waals surface area contributed by atoms with Gasteiger partial charge in [-0.3, -0.25) is 0 Å². The van der Waals surface area contributed by atoms with Gasteiger partial charge in [0.1, 0.15) is 0 Å². The third kappa shape index (κ3) is 9.95. The zero-order valence-electron chi connectivity index (χ0n) is 33.2. The molecular formula is C42H32N3O18P3. The Labute approximate surface area is 372 Å². The summed E-state index contributed by atoms with van der Waals surface area (Å²) in [5.74, 6) is -8.93. The molecule has 0 bridgehead atoms. The molecule has 7 rings (SSSR count). The Bertz CT molecular complexity index is 2610. The average Bonchev–Trinajstić information content (AvgIpc) is 3.27. The van der Waals surface area contributed by atoms with Gasteiger partial charge in [-0.2, -0.15) is 0 Å². The van der Waals surface area contributed by atoms with E-state index in [0.29, 0.717) is 0 Å². The summed E-state index contributed by atoms with van der Waals surface area (Å²) in [6, 6.07) is 28.9. The summed E-state index contributed by atoms with van der Waals surface area (Å²) in [7, 11) is -12.5. The summed E-state index contributed by atoms with van der Waals surface area (Å²) in [6.45, 7) is 0. The molecule has 0 spiro atoms. The first kappa shape index (κ1) is 45.8. The van der Waals surface area contributed by atoms with Crippen LogP contribution < -0.4 is 36.9 Å². The minimum atomic E-state index is -6.13. The van der Waals surface area contributed by atoms with Gasteiger partial charge in [-0.05, 0) is 0 Å². The van der Waals surface area contributed by atoms with Crippen molar-refractivity contribution in [2.45, 2.75) is 0 Å². The Balaban J connectivity index is 1.57. The normalized spacial score (nSPS) is 16.4. The first-order chi connectivity index (χ1) is 31.3. The number of carboxylic acids is 6. The fourth-order valence-electron chi connectivity index (χ4n) is 5.94. The molecule has 66 heavy (non-hydrogen) atoms. The van der Waals surface area contributed by atoms with Crippen molar-refractivity contribution < 1.29 is 86.5 Å². The monoisotopic (exact) mass is 959 g/mol. The van der Waals surface area contributed by atoms with Gasteiger partial charge in [-0.1, -0.05) is 0 Å². The van der Waals surface area contributed by atoms with Crippen molar-refractivity contribution in [3.8, 4) is 34.5 Å². The van der Waals surface area contributed by atoms with E-state index in [4.69, 9.17) is 31.7 Å². The molecule has 0 saturated heterocycles. The average molecular weight is 960 g/mol. The number of nitrogens with zero attached hydrogens (tertiary/aromatic N) is 1. The summed E-state index contributed by atoms with van der Waals surface area (Å²) >= 11 is 0. The van der Waals surface area contributed by atoms with Crippen LogP contribution in [0.1, 0.15) is 62.1 Å². The van der Waals surface area contributed by atoms with E-state index in [-0.39, 0.29) is 76.4 Å². The number of hydrogen-bond donors (Lipinski definition) is 8. The van der Waals surface area contributed by atoms with Crippen LogP contribution in [-0.4, -0.2) is 66.5 Å². The summed E-state index contributed by atoms with van der Waals surface area (Å²) in [5, 5.41) is 58.4. The Hall–Kier alpha value is -8.18. The van der Waals surface area contributed by atoms with E-state index in [1.807, 2.05) is 0 Å². The Kier molecular flexibility index (Phi) is 12.3. The molecule has 0 aliphatic carbocycles. The number of hydrogen-bond acceptors (Lipinski definition) is 15. The van der Waals surface area contributed by atoms with Gasteiger partial charge >= 0.3 is 374 Å². The first-order valence-electron chi connectivity index (χ1n) is 18.6. The SMILES string of the molecule is O=C(O)c1ccc(OP2(Oc3ccc(C(=O)O)cc3)(Oc3ccc(C(=O)O)cc3)N=PNP(Oc3ccc(C(=O)O)cc3)(Oc3ccc(C(=O)O)cc3)(Oc3ccc(C(=O)O)cc3)N2)cc1. The topological polar surface area (TPSA) is 316 Å². The van der Waals surface area contributed by atoms with Crippen LogP contribution in [0.15, 0.2) is 150 Å². The van der Waals surface area contributed by atoms with Gasteiger partial charge in [0.2, 0.25) is 0 Å². The fourth-order valence-corrected chi connectivity index (χ4v) is 16.2. The second kappa shape index (κ2) is 17.8. The predicted octanol–water partition coefficient (Wildman–Crippen LogP) is 9.14. The molecule has 21 nitrogen and oxygen atoms in total. The van der Waals surface area contributed by atoms with Crippen LogP contribution in [0.2, 0.25) is 0 Å². The molecule has 1 heterocycles. The van der Waals surface area contributed by atoms with Crippen LogP contribution in [0.25, 0.3) is 0 Å². The first-order valence-corrected chi connectivity index (χ1v) is 23.4. The molecule has 6 aromatic rings. The molecular weight excluding hydrogens is 927 g/mol. The van der Waals surface area contributed by atoms with Crippen LogP contribution in [0.3, 0.4) is 0 Å². The van der Waals surface area contributed by atoms with Crippen molar-refractivity contribution in [2.24, 2.45) is 4.52 Å². The van der Waals surface area contributed by atoms with Crippen LogP contribution >= 0.6 is 23.7 Å². The number of carbonyl (C=O) groups is 6. The second-order valence-corrected chi connectivity index (χ2v) is 20.7. The molecule has 0 amide bonds. The standard InChI is InChI=1S/C42H32N3O18P3/c46-37(47)25-1-13-31(14-2-25)58-65(59-32-15-3-26(4-16-32)38(48)49,60-33-17-5-27(6-18-33)39(50)51)43-64-44-66(45-65,61-34-19-7-28(8-20-34)40(52)53,62-35-21-9-29(10-22-35)41(54)55)63-36-23-11-30(12-24-36)42(56)57/h1-24,45H,(H,43,44)(H,46,47)(H,48,49)(H,50,51)(H,52,53)(H,54,55)(H,56,57). The number of aromatic carboxylic acids is 6. The van der Waals surface area contributed by atoms with E-state index in [2.05, 4.69) is 9.72 Å². The van der Waals surface area contributed by atoms with Crippen LogP contribution in [0, 0.1) is 0 Å². The third-order valence-corrected chi connectivity index (χ3v) is 18.2. The van der Waals surface area contributed by atoms with Crippen molar-refractivity contribution in [2.75, 3.05) is 0 Å². The second-order valence-electron chi connectivity index (χ2n) is 13.6. The molecule has 0 atom stereocenters. The molecule has 0 saturated carbocycles. The van der Waals surface area contributed by atoms with Crippen molar-refractivity contribution >= 4 is 59.5 Å². The van der Waals surface area contributed by atoms with Gasteiger partial charge in [0, 0.05) is 0 Å². The van der Waals surface area contributed by atoms with Crippen LogP contribution in [-0.2, 0) is 0 Å². The summed E-state index contributed by atoms with van der Waals surface area (Å²) in [5.41, 5.74) is -1.05. The predicted molar refractivity (Wildman–Crippen MR) is 234 cm³/mol. The Morgan fingerprint density at radius 3 is 0.742 bits per heavy atom. The summed E-state index contributed by atoms with van der Waals surface area (Å²) in [4.78, 5) is 77.7. The van der Waals surface area contributed by atoms with E-state index in [1.165, 1.54) is 146 Å². The van der Waals surface area contributed by atoms with Gasteiger partial charge in [-0.15, -0.1) is 0 Å². The van der Waals surface area contributed by atoms with Gasteiger partial charge in [0.15, 0.2) is 0 Å². The van der Waals surface area contributed by atoms with Crippen molar-refractivity contribution in [1.29, 1.82) is 0 Å². The fraction of sp³-hybridized carbons (Fsp3) is 0. The van der Waals surface area contributed by atoms with Crippen LogP contribution in [0.5, 0.6) is 34.5 Å². The molecule has 1 aliphatic heterocycles. The van der Waals surface area contributed by atoms with E-state index >= 15 is 0 Å². The number of benzene rings is 6. The zero-order valence-corrected chi connectivity index (χ0v) is 35.9. The maximum atomic E-state index is 11.9. The third-order valence-electron chi connectivity index (χ3n) is 8.98. The zero-order chi connectivity index (χ0) is 47.3. The molecule has 8 N–H and O–H groups in total. The number of rotatable bonds is 18. The van der Waals surface area contributed by atoms with Gasteiger partial charge in [0.05, 0.1) is 0 Å². The van der Waals surface area contributed by atoms with Gasteiger partial charge < -0.3 is 0 Å². The summed E-state index contributed by atoms with van der Waals surface area (Å²) < 4.78 is 45.5. The van der Waals surface area contributed by atoms with E-state index in [9.17, 15) is 59.4 Å². The van der Waals surface area contributed by atoms with Crippen molar-refractivity contribution in [3.05, 3.63) is 179 Å². The molecule has 1 aliphatic rings. The van der Waals surface area contributed by atoms with Gasteiger partial charge in [0.25, 0.3) is 0 Å². The molecule has 0 aromatic heterocycles. The van der Waals surface area contributed by atoms with Crippen LogP contribution in [0.4, 0.5) is 0 Å². The molecule has 0 fully saturated rings. The molecule has 24 heteroatoms. The molecule has 338 valence electrons. The van der Waals surface area contributed by atoms with E-state index in [0.717, 1.165) is 0 Å². The van der Waals surface area contributed by atoms with Crippen molar-refractivity contribution in [3.63, 3.8) is 0 Å². The molecule has 0 unspecified atom stereocenters. The molecule has 6 aromatic carbocycles. The summed E-state index contributed by atoms with van der Waals surface area (Å²) in [6.07, 6.45) is 0. The minimum absolute atomic E-state index is 0.173. The Morgan fingerprint density at radius 1 is 0.348 bits per heavy atom. The molecule has 0 radical (unpaired) electrons. The van der Waals surface area contributed by atoms with E-state index < -0.39 is 51.0 Å². The van der Waals surface area contributed by atoms with E-state index in [1.54, 1.807) is 0 Å². The van der Waals surface area contributed by atoms with Crippen molar-refractivity contribution in [1.82, 2.24) is 9.72 Å². The van der Waals surface area contributed by atoms with Gasteiger partial charge in [-0.25, -0.2) is 0 Å². The maximum absolute atomic E-state index is 11.9.